The van der Waals surface area contributed by atoms with Crippen LogP contribution in [0.2, 0.25) is 0 Å². The van der Waals surface area contributed by atoms with Crippen LogP contribution in [0, 0.1) is 11.8 Å². The number of esters is 1. The number of carbonyl (C=O) groups is 1. The molecule has 1 fully saturated rings. The highest BCUT2D eigenvalue weighted by molar-refractivity contribution is 5.81. The van der Waals surface area contributed by atoms with Crippen molar-refractivity contribution in [3.05, 3.63) is 12.7 Å². The highest BCUT2D eigenvalue weighted by Crippen LogP contribution is 2.30. The molecule has 1 aliphatic carbocycles. The molecule has 21 heavy (non-hydrogen) atoms. The molecule has 1 rings (SSSR count). The average molecular weight is 296 g/mol. The monoisotopic (exact) mass is 296 g/mol. The molecule has 0 aromatic heterocycles. The van der Waals surface area contributed by atoms with Crippen LogP contribution in [0.15, 0.2) is 12.7 Å². The number of ether oxygens (including phenoxy) is 2. The summed E-state index contributed by atoms with van der Waals surface area (Å²) in [5.41, 5.74) is 0. The van der Waals surface area contributed by atoms with Crippen molar-refractivity contribution in [2.75, 3.05) is 13.2 Å². The predicted octanol–water partition coefficient (Wildman–Crippen LogP) is 4.51. The third-order valence-corrected chi connectivity index (χ3v) is 4.29. The van der Waals surface area contributed by atoms with Crippen molar-refractivity contribution in [2.45, 2.75) is 71.3 Å². The van der Waals surface area contributed by atoms with Crippen molar-refractivity contribution in [3.63, 3.8) is 0 Å². The zero-order chi connectivity index (χ0) is 15.5. The summed E-state index contributed by atoms with van der Waals surface area (Å²) in [6.45, 7) is 8.80. The number of hydrogen-bond donors (Lipinski definition) is 0. The molecule has 0 spiro atoms. The van der Waals surface area contributed by atoms with Crippen molar-refractivity contribution >= 4 is 5.97 Å². The van der Waals surface area contributed by atoms with Crippen LogP contribution in [0.5, 0.6) is 0 Å². The van der Waals surface area contributed by atoms with Gasteiger partial charge in [0, 0.05) is 6.08 Å². The van der Waals surface area contributed by atoms with Gasteiger partial charge in [-0.15, -0.1) is 0 Å². The molecule has 0 aliphatic heterocycles. The Morgan fingerprint density at radius 1 is 1.19 bits per heavy atom. The summed E-state index contributed by atoms with van der Waals surface area (Å²) in [7, 11) is 0. The third kappa shape index (κ3) is 8.92. The quantitative estimate of drug-likeness (QED) is 0.338. The van der Waals surface area contributed by atoms with Crippen LogP contribution < -0.4 is 0 Å². The molecule has 0 radical (unpaired) electrons. The average Bonchev–Trinajstić information content (AvgIpc) is 2.49. The fraction of sp³-hybridized carbons (Fsp3) is 0.833. The first-order chi connectivity index (χ1) is 10.1. The van der Waals surface area contributed by atoms with E-state index >= 15 is 0 Å². The number of rotatable bonds is 10. The zero-order valence-electron chi connectivity index (χ0n) is 13.8. The van der Waals surface area contributed by atoms with Crippen LogP contribution in [-0.4, -0.2) is 25.3 Å². The van der Waals surface area contributed by atoms with Crippen molar-refractivity contribution in [1.29, 1.82) is 0 Å². The van der Waals surface area contributed by atoms with Gasteiger partial charge >= 0.3 is 5.97 Å². The van der Waals surface area contributed by atoms with E-state index in [1.807, 2.05) is 0 Å². The number of carbonyl (C=O) groups excluding carboxylic acids is 1. The predicted molar refractivity (Wildman–Crippen MR) is 86.2 cm³/mol. The van der Waals surface area contributed by atoms with Crippen molar-refractivity contribution in [2.24, 2.45) is 11.8 Å². The second-order valence-electron chi connectivity index (χ2n) is 6.56. The van der Waals surface area contributed by atoms with Crippen LogP contribution in [-0.2, 0) is 14.3 Å². The summed E-state index contributed by atoms with van der Waals surface area (Å²) >= 11 is 0. The van der Waals surface area contributed by atoms with E-state index in [1.54, 1.807) is 0 Å². The van der Waals surface area contributed by atoms with Gasteiger partial charge in [0.05, 0.1) is 12.7 Å². The molecule has 0 bridgehead atoms. The Labute approximate surface area is 130 Å². The second kappa shape index (κ2) is 10.8. The SMILES string of the molecule is C=CC(=O)OCCOC1CCC(CCCCC(C)C)CC1. The van der Waals surface area contributed by atoms with Crippen molar-refractivity contribution in [1.82, 2.24) is 0 Å². The summed E-state index contributed by atoms with van der Waals surface area (Å²) in [5, 5.41) is 0. The number of hydrogen-bond acceptors (Lipinski definition) is 3. The van der Waals surface area contributed by atoms with Crippen molar-refractivity contribution < 1.29 is 14.3 Å². The standard InChI is InChI=1S/C18H32O3/c1-4-18(19)21-14-13-20-17-11-9-16(10-12-17)8-6-5-7-15(2)3/h4,15-17H,1,5-14H2,2-3H3. The van der Waals surface area contributed by atoms with E-state index in [9.17, 15) is 4.79 Å². The molecule has 0 aromatic carbocycles. The molecule has 0 aromatic rings. The van der Waals surface area contributed by atoms with Gasteiger partial charge in [0.25, 0.3) is 0 Å². The van der Waals surface area contributed by atoms with Gasteiger partial charge < -0.3 is 9.47 Å². The molecule has 122 valence electrons. The van der Waals surface area contributed by atoms with Crippen LogP contribution in [0.1, 0.15) is 65.2 Å². The van der Waals surface area contributed by atoms with Gasteiger partial charge in [0.15, 0.2) is 0 Å². The second-order valence-corrected chi connectivity index (χ2v) is 6.56. The van der Waals surface area contributed by atoms with Crippen LogP contribution in [0.25, 0.3) is 0 Å². The summed E-state index contributed by atoms with van der Waals surface area (Å²) in [6, 6.07) is 0. The van der Waals surface area contributed by atoms with Gasteiger partial charge in [0.2, 0.25) is 0 Å². The fourth-order valence-electron chi connectivity index (χ4n) is 2.99. The molecule has 0 N–H and O–H groups in total. The van der Waals surface area contributed by atoms with E-state index in [-0.39, 0.29) is 5.97 Å². The summed E-state index contributed by atoms with van der Waals surface area (Å²) in [4.78, 5) is 10.9. The molecule has 3 heteroatoms. The van der Waals surface area contributed by atoms with E-state index < -0.39 is 0 Å². The van der Waals surface area contributed by atoms with E-state index in [4.69, 9.17) is 9.47 Å². The van der Waals surface area contributed by atoms with Crippen LogP contribution in [0.4, 0.5) is 0 Å². The number of unbranched alkanes of at least 4 members (excludes halogenated alkanes) is 1. The van der Waals surface area contributed by atoms with Gasteiger partial charge in [-0.05, 0) is 37.5 Å². The topological polar surface area (TPSA) is 35.5 Å². The summed E-state index contributed by atoms with van der Waals surface area (Å²) in [5.74, 6) is 1.36. The van der Waals surface area contributed by atoms with Crippen LogP contribution in [0.3, 0.4) is 0 Å². The van der Waals surface area contributed by atoms with Gasteiger partial charge in [-0.1, -0.05) is 46.1 Å². The van der Waals surface area contributed by atoms with Crippen molar-refractivity contribution in [3.8, 4) is 0 Å². The Morgan fingerprint density at radius 3 is 2.52 bits per heavy atom. The maximum absolute atomic E-state index is 10.9. The minimum absolute atomic E-state index is 0.333. The Hall–Kier alpha value is -0.830. The van der Waals surface area contributed by atoms with Gasteiger partial charge in [0.1, 0.15) is 6.61 Å². The fourth-order valence-corrected chi connectivity index (χ4v) is 2.99. The molecule has 0 heterocycles. The van der Waals surface area contributed by atoms with E-state index in [1.165, 1.54) is 44.6 Å². The lowest BCUT2D eigenvalue weighted by atomic mass is 9.84. The Morgan fingerprint density at radius 2 is 1.90 bits per heavy atom. The Bertz CT molecular complexity index is 291. The third-order valence-electron chi connectivity index (χ3n) is 4.29. The minimum atomic E-state index is -0.372. The first-order valence-electron chi connectivity index (χ1n) is 8.52. The minimum Gasteiger partial charge on any atom is -0.460 e. The smallest absolute Gasteiger partial charge is 0.330 e. The van der Waals surface area contributed by atoms with Gasteiger partial charge in [-0.3, -0.25) is 0 Å². The highest BCUT2D eigenvalue weighted by atomic mass is 16.6. The van der Waals surface area contributed by atoms with Gasteiger partial charge in [-0.2, -0.15) is 0 Å². The van der Waals surface area contributed by atoms with Gasteiger partial charge in [-0.25, -0.2) is 4.79 Å². The first-order valence-corrected chi connectivity index (χ1v) is 8.52. The Balaban J connectivity index is 1.99. The molecule has 0 unspecified atom stereocenters. The molecule has 1 aliphatic rings. The summed E-state index contributed by atoms with van der Waals surface area (Å²) in [6.07, 6.45) is 11.9. The molecule has 0 amide bonds. The molecule has 1 saturated carbocycles. The molecular weight excluding hydrogens is 264 g/mol. The molecule has 3 nitrogen and oxygen atoms in total. The molecule has 0 saturated heterocycles. The Kier molecular flexibility index (Phi) is 9.40. The maximum Gasteiger partial charge on any atom is 0.330 e. The lowest BCUT2D eigenvalue weighted by Gasteiger charge is -2.28. The van der Waals surface area contributed by atoms with Crippen LogP contribution >= 0.6 is 0 Å². The van der Waals surface area contributed by atoms with E-state index in [0.717, 1.165) is 24.7 Å². The summed E-state index contributed by atoms with van der Waals surface area (Å²) < 4.78 is 10.7. The van der Waals surface area contributed by atoms with E-state index in [2.05, 4.69) is 20.4 Å². The maximum atomic E-state index is 10.9. The van der Waals surface area contributed by atoms with E-state index in [0.29, 0.717) is 19.3 Å². The first kappa shape index (κ1) is 18.2. The largest absolute Gasteiger partial charge is 0.460 e. The highest BCUT2D eigenvalue weighted by Gasteiger charge is 2.21. The zero-order valence-corrected chi connectivity index (χ0v) is 13.8. The molecule has 0 atom stereocenters. The lowest BCUT2D eigenvalue weighted by molar-refractivity contribution is -0.140. The molecular formula is C18H32O3. The normalized spacial score (nSPS) is 22.2. The lowest BCUT2D eigenvalue weighted by Crippen LogP contribution is -2.23.